The summed E-state index contributed by atoms with van der Waals surface area (Å²) in [6.45, 7) is 0. The first-order chi connectivity index (χ1) is 9.16. The molecule has 2 N–H and O–H groups in total. The Morgan fingerprint density at radius 3 is 2.74 bits per heavy atom. The van der Waals surface area contributed by atoms with E-state index >= 15 is 0 Å². The number of amides is 1. The molecule has 0 aliphatic heterocycles. The second-order valence-electron chi connectivity index (χ2n) is 3.95. The highest BCUT2D eigenvalue weighted by Gasteiger charge is 2.13. The third-order valence-electron chi connectivity index (χ3n) is 2.54. The molecule has 100 valence electrons. The molecule has 0 aliphatic carbocycles. The van der Waals surface area contributed by atoms with Gasteiger partial charge < -0.3 is 10.4 Å². The largest absolute Gasteiger partial charge is 0.477 e. The summed E-state index contributed by atoms with van der Waals surface area (Å²) in [5, 5.41) is 15.2. The molecule has 0 bridgehead atoms. The second kappa shape index (κ2) is 6.49. The molecule has 1 amide bonds. The van der Waals surface area contributed by atoms with E-state index in [9.17, 15) is 9.59 Å². The number of hydrogen-bond acceptors (Lipinski definition) is 4. The van der Waals surface area contributed by atoms with Gasteiger partial charge in [0.05, 0.1) is 5.69 Å². The number of aromatic carboxylic acids is 1. The summed E-state index contributed by atoms with van der Waals surface area (Å²) in [5.74, 6) is -1.15. The topological polar surface area (TPSA) is 66.4 Å². The zero-order valence-electron chi connectivity index (χ0n) is 10.1. The lowest BCUT2D eigenvalue weighted by Gasteiger charge is -2.04. The molecule has 2 aromatic heterocycles. The van der Waals surface area contributed by atoms with Gasteiger partial charge in [0, 0.05) is 11.3 Å². The molecule has 0 unspecified atom stereocenters. The van der Waals surface area contributed by atoms with Crippen LogP contribution in [0.5, 0.6) is 0 Å². The Morgan fingerprint density at radius 1 is 1.21 bits per heavy atom. The first-order valence-electron chi connectivity index (χ1n) is 5.80. The van der Waals surface area contributed by atoms with Gasteiger partial charge in [-0.15, -0.1) is 22.7 Å². The molecule has 6 heteroatoms. The van der Waals surface area contributed by atoms with Gasteiger partial charge in [0.1, 0.15) is 4.88 Å². The average molecular weight is 295 g/mol. The van der Waals surface area contributed by atoms with Crippen LogP contribution in [0.25, 0.3) is 0 Å². The molecule has 0 radical (unpaired) electrons. The number of aryl methyl sites for hydroxylation is 1. The fraction of sp³-hybridized carbons (Fsp3) is 0.231. The van der Waals surface area contributed by atoms with Gasteiger partial charge >= 0.3 is 5.97 Å². The van der Waals surface area contributed by atoms with Gasteiger partial charge in [0.25, 0.3) is 0 Å². The van der Waals surface area contributed by atoms with Crippen LogP contribution in [-0.2, 0) is 11.2 Å². The van der Waals surface area contributed by atoms with E-state index in [1.807, 2.05) is 17.5 Å². The van der Waals surface area contributed by atoms with Crippen LogP contribution in [0.2, 0.25) is 0 Å². The maximum absolute atomic E-state index is 11.7. The Morgan fingerprint density at radius 2 is 2.05 bits per heavy atom. The summed E-state index contributed by atoms with van der Waals surface area (Å²) in [7, 11) is 0. The number of nitrogens with one attached hydrogen (secondary N) is 1. The summed E-state index contributed by atoms with van der Waals surface area (Å²) in [5.41, 5.74) is 0.388. The highest BCUT2D eigenvalue weighted by Crippen LogP contribution is 2.22. The molecule has 0 atom stereocenters. The van der Waals surface area contributed by atoms with Crippen LogP contribution >= 0.6 is 22.7 Å². The van der Waals surface area contributed by atoms with Crippen molar-refractivity contribution in [2.75, 3.05) is 5.32 Å². The molecule has 4 nitrogen and oxygen atoms in total. The number of carbonyl (C=O) groups excluding carboxylic acids is 1. The molecular weight excluding hydrogens is 282 g/mol. The summed E-state index contributed by atoms with van der Waals surface area (Å²) >= 11 is 2.79. The van der Waals surface area contributed by atoms with E-state index in [1.165, 1.54) is 4.88 Å². The molecule has 2 aromatic rings. The van der Waals surface area contributed by atoms with E-state index in [0.29, 0.717) is 12.1 Å². The minimum atomic E-state index is -1.01. The van der Waals surface area contributed by atoms with Crippen LogP contribution in [0.4, 0.5) is 5.69 Å². The molecule has 2 heterocycles. The molecule has 0 fully saturated rings. The molecule has 0 spiro atoms. The summed E-state index contributed by atoms with van der Waals surface area (Å²) < 4.78 is 0. The molecule has 0 saturated heterocycles. The average Bonchev–Trinajstić information content (AvgIpc) is 2.99. The number of anilines is 1. The van der Waals surface area contributed by atoms with Crippen molar-refractivity contribution in [2.45, 2.75) is 19.3 Å². The highest BCUT2D eigenvalue weighted by molar-refractivity contribution is 7.12. The fourth-order valence-corrected chi connectivity index (χ4v) is 3.10. The number of rotatable bonds is 6. The Bertz CT molecular complexity index is 560. The van der Waals surface area contributed by atoms with Crippen LogP contribution in [0.1, 0.15) is 27.4 Å². The van der Waals surface area contributed by atoms with Gasteiger partial charge in [-0.1, -0.05) is 6.07 Å². The van der Waals surface area contributed by atoms with Gasteiger partial charge in [-0.25, -0.2) is 4.79 Å². The van der Waals surface area contributed by atoms with Gasteiger partial charge in [-0.3, -0.25) is 4.79 Å². The third kappa shape index (κ3) is 3.90. The van der Waals surface area contributed by atoms with Crippen molar-refractivity contribution in [1.82, 2.24) is 0 Å². The number of thiophene rings is 2. The van der Waals surface area contributed by atoms with Crippen molar-refractivity contribution in [3.05, 3.63) is 38.7 Å². The Balaban J connectivity index is 1.81. The Kier molecular flexibility index (Phi) is 4.70. The number of carboxylic acid groups (broad SMARTS) is 1. The third-order valence-corrected chi connectivity index (χ3v) is 4.38. The SMILES string of the molecule is O=C(CCCc1cccs1)Nc1ccsc1C(=O)O. The molecule has 19 heavy (non-hydrogen) atoms. The van der Waals surface area contributed by atoms with Crippen LogP contribution in [0, 0.1) is 0 Å². The van der Waals surface area contributed by atoms with Crippen molar-refractivity contribution in [3.63, 3.8) is 0 Å². The Labute approximate surface area is 118 Å². The minimum Gasteiger partial charge on any atom is -0.477 e. The molecule has 2 rings (SSSR count). The minimum absolute atomic E-state index is 0.141. The maximum atomic E-state index is 11.7. The maximum Gasteiger partial charge on any atom is 0.348 e. The van der Waals surface area contributed by atoms with E-state index in [2.05, 4.69) is 5.32 Å². The summed E-state index contributed by atoms with van der Waals surface area (Å²) in [6.07, 6.45) is 2.03. The lowest BCUT2D eigenvalue weighted by Crippen LogP contribution is -2.13. The zero-order chi connectivity index (χ0) is 13.7. The van der Waals surface area contributed by atoms with E-state index in [1.54, 1.807) is 22.8 Å². The van der Waals surface area contributed by atoms with Crippen molar-refractivity contribution >= 4 is 40.2 Å². The van der Waals surface area contributed by atoms with E-state index < -0.39 is 5.97 Å². The van der Waals surface area contributed by atoms with Gasteiger partial charge in [0.15, 0.2) is 0 Å². The van der Waals surface area contributed by atoms with Crippen LogP contribution in [0.15, 0.2) is 29.0 Å². The fourth-order valence-electron chi connectivity index (χ4n) is 1.66. The van der Waals surface area contributed by atoms with Crippen LogP contribution < -0.4 is 5.32 Å². The first kappa shape index (κ1) is 13.8. The van der Waals surface area contributed by atoms with Crippen molar-refractivity contribution in [3.8, 4) is 0 Å². The van der Waals surface area contributed by atoms with Gasteiger partial charge in [0.2, 0.25) is 5.91 Å². The molecular formula is C13H13NO3S2. The first-order valence-corrected chi connectivity index (χ1v) is 7.56. The van der Waals surface area contributed by atoms with E-state index in [-0.39, 0.29) is 10.8 Å². The van der Waals surface area contributed by atoms with E-state index in [0.717, 1.165) is 24.2 Å². The van der Waals surface area contributed by atoms with Gasteiger partial charge in [-0.05, 0) is 35.7 Å². The second-order valence-corrected chi connectivity index (χ2v) is 5.90. The molecule has 0 aliphatic rings. The Hall–Kier alpha value is -1.66. The van der Waals surface area contributed by atoms with Crippen LogP contribution in [0.3, 0.4) is 0 Å². The lowest BCUT2D eigenvalue weighted by molar-refractivity contribution is -0.116. The van der Waals surface area contributed by atoms with E-state index in [4.69, 9.17) is 5.11 Å². The lowest BCUT2D eigenvalue weighted by atomic mass is 10.2. The molecule has 0 aromatic carbocycles. The molecule has 0 saturated carbocycles. The van der Waals surface area contributed by atoms with Gasteiger partial charge in [-0.2, -0.15) is 0 Å². The summed E-state index contributed by atoms with van der Waals surface area (Å²) in [4.78, 5) is 24.0. The zero-order valence-corrected chi connectivity index (χ0v) is 11.7. The predicted octanol–water partition coefficient (Wildman–Crippen LogP) is 3.47. The number of hydrogen-bond donors (Lipinski definition) is 2. The summed E-state index contributed by atoms with van der Waals surface area (Å²) in [6, 6.07) is 5.65. The predicted molar refractivity (Wildman–Crippen MR) is 77.2 cm³/mol. The van der Waals surface area contributed by atoms with Crippen molar-refractivity contribution < 1.29 is 14.7 Å². The number of carboxylic acids is 1. The standard InChI is InChI=1S/C13H13NO3S2/c15-11(5-1-3-9-4-2-7-18-9)14-10-6-8-19-12(10)13(16)17/h2,4,6-8H,1,3,5H2,(H,14,15)(H,16,17). The van der Waals surface area contributed by atoms with Crippen LogP contribution in [-0.4, -0.2) is 17.0 Å². The quantitative estimate of drug-likeness (QED) is 0.857. The smallest absolute Gasteiger partial charge is 0.348 e. The van der Waals surface area contributed by atoms with Crippen molar-refractivity contribution in [2.24, 2.45) is 0 Å². The van der Waals surface area contributed by atoms with Crippen molar-refractivity contribution in [1.29, 1.82) is 0 Å². The number of carbonyl (C=O) groups is 2. The highest BCUT2D eigenvalue weighted by atomic mass is 32.1. The normalized spacial score (nSPS) is 10.3. The monoisotopic (exact) mass is 295 g/mol.